The SMILES string of the molecule is C=C[C@@H](C)CC[C@@H]1O[C@@]2(CC[C@H]1C)CC[C@H](C)[C@H]([C@H](C)CC[C@H](O[Si](C)(C)C)[C@H](C)C(=C)O[Si](C)(C)C)O2. The molecule has 0 saturated carbocycles. The monoisotopic (exact) mass is 566 g/mol. The first-order valence-corrected chi connectivity index (χ1v) is 22.3. The maximum absolute atomic E-state index is 7.00. The number of hydrogen-bond donors (Lipinski definition) is 0. The zero-order chi connectivity index (χ0) is 28.9. The number of allylic oxidation sites excluding steroid dienone is 1. The minimum Gasteiger partial charge on any atom is -0.547 e. The average molecular weight is 567 g/mol. The molecular weight excluding hydrogens is 505 g/mol. The Labute approximate surface area is 238 Å². The van der Waals surface area contributed by atoms with Crippen LogP contribution in [0.15, 0.2) is 25.0 Å². The van der Waals surface area contributed by atoms with E-state index in [1.54, 1.807) is 0 Å². The number of hydrogen-bond acceptors (Lipinski definition) is 4. The summed E-state index contributed by atoms with van der Waals surface area (Å²) in [6.45, 7) is 33.4. The summed E-state index contributed by atoms with van der Waals surface area (Å²) in [5.41, 5.74) is 0. The van der Waals surface area contributed by atoms with Crippen molar-refractivity contribution in [1.82, 2.24) is 0 Å². The summed E-state index contributed by atoms with van der Waals surface area (Å²) in [4.78, 5) is 0. The Morgan fingerprint density at radius 1 is 0.921 bits per heavy atom. The zero-order valence-corrected chi connectivity index (χ0v) is 28.9. The van der Waals surface area contributed by atoms with E-state index in [-0.39, 0.29) is 24.2 Å². The molecule has 0 unspecified atom stereocenters. The van der Waals surface area contributed by atoms with Crippen molar-refractivity contribution in [3.63, 3.8) is 0 Å². The van der Waals surface area contributed by atoms with E-state index in [9.17, 15) is 0 Å². The van der Waals surface area contributed by atoms with Gasteiger partial charge in [0.25, 0.3) is 0 Å². The summed E-state index contributed by atoms with van der Waals surface area (Å²) in [5.74, 6) is 2.77. The molecule has 38 heavy (non-hydrogen) atoms. The molecule has 0 aromatic rings. The van der Waals surface area contributed by atoms with E-state index in [4.69, 9.17) is 18.3 Å². The smallest absolute Gasteiger partial charge is 0.241 e. The summed E-state index contributed by atoms with van der Waals surface area (Å²) in [6, 6.07) is 0. The van der Waals surface area contributed by atoms with Gasteiger partial charge < -0.3 is 18.3 Å². The minimum atomic E-state index is -1.72. The van der Waals surface area contributed by atoms with E-state index >= 15 is 0 Å². The summed E-state index contributed by atoms with van der Waals surface area (Å²) in [7, 11) is -3.42. The number of rotatable bonds is 14. The maximum atomic E-state index is 7.00. The van der Waals surface area contributed by atoms with Crippen LogP contribution in [0.5, 0.6) is 0 Å². The standard InChI is InChI=1S/C32H62O4Si2/c1-14-23(2)15-17-29-24(3)19-21-32(33-29)22-20-26(5)31(34-32)25(4)16-18-30(36-38(11,12)13)27(6)28(7)35-37(8,9)10/h14,23-27,29-31H,1,7,15-22H2,2-6,8-13H3/t23-,24-,25-,26+,27-,29+,30+,31+,32-/m1/s1. The van der Waals surface area contributed by atoms with E-state index in [1.165, 1.54) is 12.8 Å². The molecule has 6 heteroatoms. The summed E-state index contributed by atoms with van der Waals surface area (Å²) < 4.78 is 26.9. The molecule has 0 aromatic heterocycles. The zero-order valence-electron chi connectivity index (χ0n) is 26.9. The highest BCUT2D eigenvalue weighted by molar-refractivity contribution is 6.70. The van der Waals surface area contributed by atoms with Crippen molar-refractivity contribution < 1.29 is 18.3 Å². The summed E-state index contributed by atoms with van der Waals surface area (Å²) in [5, 5.41) is 0. The molecule has 2 aliphatic rings. The Morgan fingerprint density at radius 2 is 1.53 bits per heavy atom. The van der Waals surface area contributed by atoms with Crippen LogP contribution in [0.25, 0.3) is 0 Å². The van der Waals surface area contributed by atoms with Crippen molar-refractivity contribution in [2.75, 3.05) is 0 Å². The lowest BCUT2D eigenvalue weighted by Crippen LogP contribution is -2.53. The van der Waals surface area contributed by atoms with Crippen LogP contribution in [0, 0.1) is 29.6 Å². The highest BCUT2D eigenvalue weighted by Crippen LogP contribution is 2.45. The van der Waals surface area contributed by atoms with Gasteiger partial charge in [-0.05, 0) is 101 Å². The third-order valence-corrected chi connectivity index (χ3v) is 10.5. The predicted molar refractivity (Wildman–Crippen MR) is 167 cm³/mol. The van der Waals surface area contributed by atoms with Gasteiger partial charge in [0.15, 0.2) is 14.1 Å². The Morgan fingerprint density at radius 3 is 2.08 bits per heavy atom. The second-order valence-electron chi connectivity index (χ2n) is 14.8. The molecule has 2 fully saturated rings. The van der Waals surface area contributed by atoms with E-state index in [0.717, 1.165) is 44.3 Å². The molecule has 222 valence electrons. The van der Waals surface area contributed by atoms with Crippen molar-refractivity contribution in [1.29, 1.82) is 0 Å². The molecule has 0 aromatic carbocycles. The van der Waals surface area contributed by atoms with Gasteiger partial charge in [-0.25, -0.2) is 0 Å². The van der Waals surface area contributed by atoms with Crippen LogP contribution < -0.4 is 0 Å². The Bertz CT molecular complexity index is 754. The predicted octanol–water partition coefficient (Wildman–Crippen LogP) is 9.55. The minimum absolute atomic E-state index is 0.129. The van der Waals surface area contributed by atoms with Crippen LogP contribution in [0.1, 0.15) is 86.0 Å². The van der Waals surface area contributed by atoms with Crippen LogP contribution in [0.4, 0.5) is 0 Å². The molecule has 0 amide bonds. The Balaban J connectivity index is 2.07. The fraction of sp³-hybridized carbons (Fsp3) is 0.875. The highest BCUT2D eigenvalue weighted by Gasteiger charge is 2.47. The first-order chi connectivity index (χ1) is 17.4. The van der Waals surface area contributed by atoms with Gasteiger partial charge in [0.1, 0.15) is 0 Å². The molecule has 4 nitrogen and oxygen atoms in total. The van der Waals surface area contributed by atoms with Gasteiger partial charge in [-0.15, -0.1) is 6.58 Å². The fourth-order valence-corrected chi connectivity index (χ4v) is 8.31. The van der Waals surface area contributed by atoms with Gasteiger partial charge >= 0.3 is 0 Å². The molecule has 0 aliphatic carbocycles. The largest absolute Gasteiger partial charge is 0.547 e. The van der Waals surface area contributed by atoms with Crippen LogP contribution >= 0.6 is 0 Å². The first kappa shape index (κ1) is 33.8. The van der Waals surface area contributed by atoms with Crippen LogP contribution in [-0.2, 0) is 18.3 Å². The highest BCUT2D eigenvalue weighted by atomic mass is 28.4. The lowest BCUT2D eigenvalue weighted by Gasteiger charge is -2.51. The molecule has 2 heterocycles. The summed E-state index contributed by atoms with van der Waals surface area (Å²) >= 11 is 0. The lowest BCUT2D eigenvalue weighted by molar-refractivity contribution is -0.338. The second-order valence-corrected chi connectivity index (χ2v) is 23.7. The normalized spacial score (nSPS) is 31.9. The Kier molecular flexibility index (Phi) is 12.4. The third-order valence-electron chi connectivity index (χ3n) is 8.66. The lowest BCUT2D eigenvalue weighted by atomic mass is 9.79. The van der Waals surface area contributed by atoms with Gasteiger partial charge in [-0.2, -0.15) is 0 Å². The van der Waals surface area contributed by atoms with E-state index in [1.807, 2.05) is 0 Å². The van der Waals surface area contributed by atoms with Crippen molar-refractivity contribution in [2.45, 2.75) is 149 Å². The van der Waals surface area contributed by atoms with E-state index in [0.29, 0.717) is 23.7 Å². The van der Waals surface area contributed by atoms with Crippen LogP contribution in [0.2, 0.25) is 39.3 Å². The third kappa shape index (κ3) is 10.5. The molecule has 0 bridgehead atoms. The Hall–Kier alpha value is -0.406. The molecule has 2 aliphatic heterocycles. The summed E-state index contributed by atoms with van der Waals surface area (Å²) in [6.07, 6.45) is 11.4. The molecule has 1 spiro atoms. The van der Waals surface area contributed by atoms with Gasteiger partial charge in [0.2, 0.25) is 8.32 Å². The van der Waals surface area contributed by atoms with Crippen molar-refractivity contribution in [2.24, 2.45) is 29.6 Å². The molecule has 2 rings (SSSR count). The van der Waals surface area contributed by atoms with E-state index < -0.39 is 22.4 Å². The fourth-order valence-electron chi connectivity index (χ4n) is 6.11. The molecule has 9 atom stereocenters. The van der Waals surface area contributed by atoms with Gasteiger partial charge in [0.05, 0.1) is 24.1 Å². The van der Waals surface area contributed by atoms with Gasteiger partial charge in [0, 0.05) is 18.8 Å². The van der Waals surface area contributed by atoms with Crippen molar-refractivity contribution >= 4 is 16.6 Å². The quantitative estimate of drug-likeness (QED) is 0.119. The molecule has 0 radical (unpaired) electrons. The molecule has 0 N–H and O–H groups in total. The average Bonchev–Trinajstić information content (AvgIpc) is 2.81. The molecular formula is C32H62O4Si2. The van der Waals surface area contributed by atoms with Crippen LogP contribution in [-0.4, -0.2) is 40.7 Å². The maximum Gasteiger partial charge on any atom is 0.241 e. The van der Waals surface area contributed by atoms with Crippen molar-refractivity contribution in [3.8, 4) is 0 Å². The first-order valence-electron chi connectivity index (χ1n) is 15.5. The number of ether oxygens (including phenoxy) is 2. The van der Waals surface area contributed by atoms with Crippen molar-refractivity contribution in [3.05, 3.63) is 25.0 Å². The van der Waals surface area contributed by atoms with E-state index in [2.05, 4.69) is 93.1 Å². The van der Waals surface area contributed by atoms with Gasteiger partial charge in [-0.3, -0.25) is 0 Å². The topological polar surface area (TPSA) is 36.9 Å². The molecule has 2 saturated heterocycles. The van der Waals surface area contributed by atoms with Gasteiger partial charge in [-0.1, -0.05) is 47.3 Å². The van der Waals surface area contributed by atoms with Crippen LogP contribution in [0.3, 0.4) is 0 Å². The second kappa shape index (κ2) is 14.0.